The van der Waals surface area contributed by atoms with Crippen LogP contribution in [0.5, 0.6) is 0 Å². The maximum atomic E-state index is 12.8. The summed E-state index contributed by atoms with van der Waals surface area (Å²) in [6.45, 7) is 1.52. The molecule has 0 radical (unpaired) electrons. The summed E-state index contributed by atoms with van der Waals surface area (Å²) in [6, 6.07) is 10.4. The fourth-order valence-corrected chi connectivity index (χ4v) is 3.96. The lowest BCUT2D eigenvalue weighted by Crippen LogP contribution is -2.48. The molecule has 2 aliphatic rings. The molecular formula is C20H29N3O2. The lowest BCUT2D eigenvalue weighted by atomic mass is 9.77. The number of rotatable bonds is 6. The van der Waals surface area contributed by atoms with Crippen LogP contribution in [0.3, 0.4) is 0 Å². The molecule has 3 amide bonds. The van der Waals surface area contributed by atoms with Gasteiger partial charge >= 0.3 is 6.03 Å². The highest BCUT2D eigenvalue weighted by molar-refractivity contribution is 5.75. The van der Waals surface area contributed by atoms with Gasteiger partial charge in [-0.15, -0.1) is 0 Å². The molecule has 1 aromatic carbocycles. The third-order valence-electron chi connectivity index (χ3n) is 5.66. The van der Waals surface area contributed by atoms with Gasteiger partial charge < -0.3 is 16.0 Å². The highest BCUT2D eigenvalue weighted by Crippen LogP contribution is 2.37. The first-order valence-electron chi connectivity index (χ1n) is 9.52. The van der Waals surface area contributed by atoms with Crippen LogP contribution in [0.1, 0.15) is 56.6 Å². The Morgan fingerprint density at radius 2 is 1.92 bits per heavy atom. The van der Waals surface area contributed by atoms with E-state index in [1.165, 1.54) is 24.8 Å². The van der Waals surface area contributed by atoms with Crippen LogP contribution in [0.4, 0.5) is 4.79 Å². The van der Waals surface area contributed by atoms with Gasteiger partial charge in [0.2, 0.25) is 5.91 Å². The molecule has 0 spiro atoms. The minimum absolute atomic E-state index is 0.0320. The third kappa shape index (κ3) is 4.74. The summed E-state index contributed by atoms with van der Waals surface area (Å²) in [7, 11) is 0. The Bertz CT molecular complexity index is 586. The van der Waals surface area contributed by atoms with Crippen molar-refractivity contribution in [3.05, 3.63) is 35.9 Å². The average molecular weight is 343 g/mol. The summed E-state index contributed by atoms with van der Waals surface area (Å²) in [6.07, 6.45) is 6.88. The van der Waals surface area contributed by atoms with Gasteiger partial charge in [-0.25, -0.2) is 4.79 Å². The second-order valence-electron chi connectivity index (χ2n) is 7.49. The number of hydrogen-bond acceptors (Lipinski definition) is 2. The standard InChI is InChI=1S/C20H29N3O2/c21-18(24)12-11-15-6-5-13-23(14-15)20(25)22-19(17-9-4-10-17)16-7-2-1-3-8-16/h1-3,7-8,15,17,19H,4-6,9-14H2,(H2,21,24)(H,22,25)/t15-,19+/m1/s1. The van der Waals surface area contributed by atoms with Crippen LogP contribution in [0.25, 0.3) is 0 Å². The smallest absolute Gasteiger partial charge is 0.317 e. The number of urea groups is 1. The first kappa shape index (κ1) is 17.8. The first-order chi connectivity index (χ1) is 12.1. The third-order valence-corrected chi connectivity index (χ3v) is 5.66. The van der Waals surface area contributed by atoms with Gasteiger partial charge in [0.15, 0.2) is 0 Å². The zero-order chi connectivity index (χ0) is 17.6. The maximum absolute atomic E-state index is 12.8. The second-order valence-corrected chi connectivity index (χ2v) is 7.49. The summed E-state index contributed by atoms with van der Waals surface area (Å²) >= 11 is 0. The second kappa shape index (κ2) is 8.37. The Kier molecular flexibility index (Phi) is 5.95. The van der Waals surface area contributed by atoms with Crippen molar-refractivity contribution in [2.45, 2.75) is 51.0 Å². The molecular weight excluding hydrogens is 314 g/mol. The number of primary amides is 1. The van der Waals surface area contributed by atoms with Crippen molar-refractivity contribution in [2.24, 2.45) is 17.6 Å². The van der Waals surface area contributed by atoms with Crippen LogP contribution in [0, 0.1) is 11.8 Å². The molecule has 136 valence electrons. The van der Waals surface area contributed by atoms with Gasteiger partial charge in [-0.2, -0.15) is 0 Å². The van der Waals surface area contributed by atoms with Gasteiger partial charge in [0, 0.05) is 19.5 Å². The normalized spacial score (nSPS) is 22.1. The Morgan fingerprint density at radius 3 is 2.56 bits per heavy atom. The molecule has 3 rings (SSSR count). The fourth-order valence-electron chi connectivity index (χ4n) is 3.96. The van der Waals surface area contributed by atoms with E-state index < -0.39 is 0 Å². The molecule has 25 heavy (non-hydrogen) atoms. The molecule has 1 saturated heterocycles. The number of nitrogens with zero attached hydrogens (tertiary/aromatic N) is 1. The van der Waals surface area contributed by atoms with Crippen LogP contribution in [-0.4, -0.2) is 29.9 Å². The quantitative estimate of drug-likeness (QED) is 0.832. The van der Waals surface area contributed by atoms with Gasteiger partial charge in [0.1, 0.15) is 0 Å². The van der Waals surface area contributed by atoms with E-state index >= 15 is 0 Å². The topological polar surface area (TPSA) is 75.4 Å². The van der Waals surface area contributed by atoms with E-state index in [0.717, 1.165) is 32.4 Å². The van der Waals surface area contributed by atoms with Gasteiger partial charge in [-0.3, -0.25) is 4.79 Å². The monoisotopic (exact) mass is 343 g/mol. The summed E-state index contributed by atoms with van der Waals surface area (Å²) in [5, 5.41) is 3.29. The first-order valence-corrected chi connectivity index (χ1v) is 9.52. The van der Waals surface area contributed by atoms with Crippen molar-refractivity contribution in [3.8, 4) is 0 Å². The molecule has 0 aromatic heterocycles. The number of piperidine rings is 1. The van der Waals surface area contributed by atoms with Crippen molar-refractivity contribution in [2.75, 3.05) is 13.1 Å². The summed E-state index contributed by atoms with van der Waals surface area (Å²) in [5.41, 5.74) is 6.45. The number of nitrogens with two attached hydrogens (primary N) is 1. The maximum Gasteiger partial charge on any atom is 0.317 e. The van der Waals surface area contributed by atoms with Crippen LogP contribution < -0.4 is 11.1 Å². The lowest BCUT2D eigenvalue weighted by molar-refractivity contribution is -0.118. The van der Waals surface area contributed by atoms with Crippen LogP contribution in [0.2, 0.25) is 0 Å². The minimum Gasteiger partial charge on any atom is -0.370 e. The summed E-state index contributed by atoms with van der Waals surface area (Å²) in [4.78, 5) is 25.8. The molecule has 1 aliphatic heterocycles. The molecule has 5 heteroatoms. The van der Waals surface area contributed by atoms with Crippen LogP contribution in [0.15, 0.2) is 30.3 Å². The van der Waals surface area contributed by atoms with Gasteiger partial charge in [-0.1, -0.05) is 36.8 Å². The van der Waals surface area contributed by atoms with Gasteiger partial charge in [-0.05, 0) is 49.5 Å². The average Bonchev–Trinajstić information content (AvgIpc) is 2.59. The van der Waals surface area contributed by atoms with Crippen LogP contribution >= 0.6 is 0 Å². The predicted octanol–water partition coefficient (Wildman–Crippen LogP) is 3.21. The Balaban J connectivity index is 1.60. The molecule has 3 N–H and O–H groups in total. The van der Waals surface area contributed by atoms with E-state index in [0.29, 0.717) is 18.3 Å². The number of carbonyl (C=O) groups is 2. The Hall–Kier alpha value is -2.04. The largest absolute Gasteiger partial charge is 0.370 e. The Labute approximate surface area is 150 Å². The van der Waals surface area contributed by atoms with E-state index in [2.05, 4.69) is 17.4 Å². The number of benzene rings is 1. The van der Waals surface area contributed by atoms with Crippen molar-refractivity contribution in [3.63, 3.8) is 0 Å². The number of carbonyl (C=O) groups excluding carboxylic acids is 2. The van der Waals surface area contributed by atoms with Crippen molar-refractivity contribution >= 4 is 11.9 Å². The summed E-state index contributed by atoms with van der Waals surface area (Å²) in [5.74, 6) is 0.670. The molecule has 1 aromatic rings. The predicted molar refractivity (Wildman–Crippen MR) is 97.8 cm³/mol. The van der Waals surface area contributed by atoms with Gasteiger partial charge in [0.25, 0.3) is 0 Å². The zero-order valence-electron chi connectivity index (χ0n) is 14.8. The highest BCUT2D eigenvalue weighted by Gasteiger charge is 2.32. The molecule has 0 bridgehead atoms. The molecule has 0 unspecified atom stereocenters. The Morgan fingerprint density at radius 1 is 1.16 bits per heavy atom. The number of nitrogens with one attached hydrogen (secondary N) is 1. The van der Waals surface area contributed by atoms with E-state index in [1.54, 1.807) is 0 Å². The molecule has 5 nitrogen and oxygen atoms in total. The number of hydrogen-bond donors (Lipinski definition) is 2. The number of amides is 3. The summed E-state index contributed by atoms with van der Waals surface area (Å²) < 4.78 is 0. The fraction of sp³-hybridized carbons (Fsp3) is 0.600. The van der Waals surface area contributed by atoms with Crippen molar-refractivity contribution in [1.29, 1.82) is 0 Å². The van der Waals surface area contributed by atoms with E-state index in [9.17, 15) is 9.59 Å². The lowest BCUT2D eigenvalue weighted by Gasteiger charge is -2.38. The van der Waals surface area contributed by atoms with Crippen molar-refractivity contribution < 1.29 is 9.59 Å². The van der Waals surface area contributed by atoms with Gasteiger partial charge in [0.05, 0.1) is 6.04 Å². The highest BCUT2D eigenvalue weighted by atomic mass is 16.2. The molecule has 2 atom stereocenters. The molecule has 1 saturated carbocycles. The van der Waals surface area contributed by atoms with Crippen LogP contribution in [-0.2, 0) is 4.79 Å². The number of likely N-dealkylation sites (tertiary alicyclic amines) is 1. The SMILES string of the molecule is NC(=O)CC[C@H]1CCCN(C(=O)N[C@@H](c2ccccc2)C2CCC2)C1. The molecule has 1 heterocycles. The molecule has 2 fully saturated rings. The zero-order valence-corrected chi connectivity index (χ0v) is 14.8. The van der Waals surface area contributed by atoms with Crippen molar-refractivity contribution in [1.82, 2.24) is 10.2 Å². The minimum atomic E-state index is -0.254. The van der Waals surface area contributed by atoms with E-state index in [1.807, 2.05) is 23.1 Å². The van der Waals surface area contributed by atoms with E-state index in [4.69, 9.17) is 5.73 Å². The van der Waals surface area contributed by atoms with E-state index in [-0.39, 0.29) is 18.0 Å². The molecule has 1 aliphatic carbocycles.